The third kappa shape index (κ3) is 4.22. The molecule has 0 nitrogen and oxygen atoms in total. The number of alkyl halides is 2. The topological polar surface area (TPSA) is 0 Å². The first kappa shape index (κ1) is 11.9. The average molecular weight is 238 g/mol. The van der Waals surface area contributed by atoms with E-state index in [1.165, 1.54) is 38.5 Å². The second kappa shape index (κ2) is 6.31. The minimum atomic E-state index is -0.291. The molecule has 77 valence electrons. The van der Waals surface area contributed by atoms with Crippen LogP contribution in [0.4, 0.5) is 0 Å². The molecule has 1 saturated carbocycles. The van der Waals surface area contributed by atoms with Crippen molar-refractivity contribution in [2.45, 2.75) is 55.4 Å². The molecular weight excluding hydrogens is 219 g/mol. The Morgan fingerprint density at radius 2 is 1.85 bits per heavy atom. The molecule has 0 bridgehead atoms. The lowest BCUT2D eigenvalue weighted by molar-refractivity contribution is 0.501. The van der Waals surface area contributed by atoms with Gasteiger partial charge in [0.25, 0.3) is 0 Å². The van der Waals surface area contributed by atoms with Gasteiger partial charge in [-0.25, -0.2) is 0 Å². The van der Waals surface area contributed by atoms with Crippen molar-refractivity contribution < 1.29 is 0 Å². The summed E-state index contributed by atoms with van der Waals surface area (Å²) >= 11 is 11.8. The molecule has 1 aliphatic carbocycles. The van der Waals surface area contributed by atoms with Crippen LogP contribution >= 0.6 is 23.2 Å². The standard InChI is InChI=1S/C10H19Cl2Si/c1-2-9(13-10(11)12)8-6-4-3-5-7-8/h9-10H,2-7,13H2,1H3. The van der Waals surface area contributed by atoms with E-state index in [0.717, 1.165) is 5.54 Å². The predicted molar refractivity (Wildman–Crippen MR) is 64.4 cm³/mol. The van der Waals surface area contributed by atoms with Crippen molar-refractivity contribution in [2.75, 3.05) is 0 Å². The van der Waals surface area contributed by atoms with Crippen LogP contribution in [0, 0.1) is 5.92 Å². The minimum Gasteiger partial charge on any atom is -0.110 e. The maximum Gasteiger partial charge on any atom is 0.0910 e. The lowest BCUT2D eigenvalue weighted by Gasteiger charge is -2.29. The van der Waals surface area contributed by atoms with Crippen molar-refractivity contribution in [2.24, 2.45) is 0 Å². The van der Waals surface area contributed by atoms with Crippen LogP contribution < -0.4 is 0 Å². The summed E-state index contributed by atoms with van der Waals surface area (Å²) in [7, 11) is -0.291. The molecule has 1 aliphatic rings. The van der Waals surface area contributed by atoms with E-state index in [9.17, 15) is 0 Å². The first-order valence-corrected chi connectivity index (χ1v) is 7.87. The molecule has 1 rings (SSSR count). The Morgan fingerprint density at radius 1 is 1.23 bits per heavy atom. The van der Waals surface area contributed by atoms with Crippen LogP contribution in [0.1, 0.15) is 45.4 Å². The molecule has 0 aliphatic heterocycles. The lowest BCUT2D eigenvalue weighted by Crippen LogP contribution is -2.19. The van der Waals surface area contributed by atoms with E-state index >= 15 is 0 Å². The monoisotopic (exact) mass is 237 g/mol. The van der Waals surface area contributed by atoms with Gasteiger partial charge in [-0.1, -0.05) is 32.6 Å². The van der Waals surface area contributed by atoms with Gasteiger partial charge in [0.1, 0.15) is 0 Å². The fourth-order valence-electron chi connectivity index (χ4n) is 2.25. The van der Waals surface area contributed by atoms with Crippen LogP contribution in [-0.4, -0.2) is 14.0 Å². The van der Waals surface area contributed by atoms with E-state index in [1.54, 1.807) is 5.92 Å². The van der Waals surface area contributed by atoms with Gasteiger partial charge in [-0.3, -0.25) is 0 Å². The molecule has 0 N–H and O–H groups in total. The summed E-state index contributed by atoms with van der Waals surface area (Å²) < 4.78 is -0.0422. The molecule has 1 atom stereocenters. The Hall–Kier alpha value is 0.797. The third-order valence-corrected chi connectivity index (χ3v) is 6.18. The maximum absolute atomic E-state index is 5.88. The van der Waals surface area contributed by atoms with Crippen molar-refractivity contribution in [1.29, 1.82) is 0 Å². The summed E-state index contributed by atoms with van der Waals surface area (Å²) in [4.78, 5) is 0. The SMILES string of the molecule is CCC([SiH2]C(Cl)Cl)[C]1CCCCC1. The normalized spacial score (nSPS) is 23.1. The largest absolute Gasteiger partial charge is 0.110 e. The van der Waals surface area contributed by atoms with E-state index in [2.05, 4.69) is 6.92 Å². The summed E-state index contributed by atoms with van der Waals surface area (Å²) in [5.41, 5.74) is 0.820. The molecule has 0 spiro atoms. The molecule has 0 aromatic heterocycles. The number of hydrogen-bond acceptors (Lipinski definition) is 0. The van der Waals surface area contributed by atoms with Crippen molar-refractivity contribution in [1.82, 2.24) is 0 Å². The lowest BCUT2D eigenvalue weighted by atomic mass is 9.86. The van der Waals surface area contributed by atoms with Gasteiger partial charge >= 0.3 is 0 Å². The minimum absolute atomic E-state index is 0.0422. The Balaban J connectivity index is 2.34. The van der Waals surface area contributed by atoms with Crippen molar-refractivity contribution in [3.05, 3.63) is 5.92 Å². The smallest absolute Gasteiger partial charge is 0.0910 e. The van der Waals surface area contributed by atoms with Gasteiger partial charge in [0.05, 0.1) is 14.0 Å². The van der Waals surface area contributed by atoms with Crippen molar-refractivity contribution in [3.8, 4) is 0 Å². The van der Waals surface area contributed by atoms with Crippen LogP contribution in [0.3, 0.4) is 0 Å². The average Bonchev–Trinajstić information content (AvgIpc) is 2.15. The fourth-order valence-corrected chi connectivity index (χ4v) is 5.05. The highest BCUT2D eigenvalue weighted by atomic mass is 35.5. The highest BCUT2D eigenvalue weighted by Gasteiger charge is 2.24. The quantitative estimate of drug-likeness (QED) is 0.518. The predicted octanol–water partition coefficient (Wildman–Crippen LogP) is 3.65. The van der Waals surface area contributed by atoms with Crippen LogP contribution in [0.2, 0.25) is 5.54 Å². The van der Waals surface area contributed by atoms with Crippen LogP contribution in [0.15, 0.2) is 0 Å². The summed E-state index contributed by atoms with van der Waals surface area (Å²) in [6.07, 6.45) is 8.19. The molecule has 0 saturated heterocycles. The Morgan fingerprint density at radius 3 is 2.31 bits per heavy atom. The highest BCUT2D eigenvalue weighted by Crippen LogP contribution is 2.37. The Labute approximate surface area is 94.2 Å². The maximum atomic E-state index is 5.88. The Kier molecular flexibility index (Phi) is 5.76. The van der Waals surface area contributed by atoms with Crippen molar-refractivity contribution >= 4 is 32.7 Å². The van der Waals surface area contributed by atoms with Crippen LogP contribution in [0.5, 0.6) is 0 Å². The fraction of sp³-hybridized carbons (Fsp3) is 0.900. The molecule has 0 aromatic rings. The summed E-state index contributed by atoms with van der Waals surface area (Å²) in [6.45, 7) is 2.27. The van der Waals surface area contributed by atoms with Crippen molar-refractivity contribution in [3.63, 3.8) is 0 Å². The second-order valence-corrected chi connectivity index (χ2v) is 8.54. The number of rotatable bonds is 4. The molecule has 0 aromatic carbocycles. The van der Waals surface area contributed by atoms with E-state index in [-0.39, 0.29) is 14.0 Å². The van der Waals surface area contributed by atoms with Gasteiger partial charge in [-0.15, -0.1) is 23.2 Å². The molecule has 3 heteroatoms. The van der Waals surface area contributed by atoms with Gasteiger partial charge in [0, 0.05) is 0 Å². The molecule has 1 fully saturated rings. The summed E-state index contributed by atoms with van der Waals surface area (Å²) in [5, 5.41) is 0. The van der Waals surface area contributed by atoms with E-state index in [0.29, 0.717) is 0 Å². The van der Waals surface area contributed by atoms with Gasteiger partial charge < -0.3 is 0 Å². The first-order valence-electron chi connectivity index (χ1n) is 5.36. The molecule has 0 amide bonds. The van der Waals surface area contributed by atoms with Crippen LogP contribution in [0.25, 0.3) is 0 Å². The molecular formula is C10H19Cl2Si. The number of halogens is 2. The van der Waals surface area contributed by atoms with E-state index in [4.69, 9.17) is 23.2 Å². The first-order chi connectivity index (χ1) is 6.24. The van der Waals surface area contributed by atoms with Gasteiger partial charge in [-0.05, 0) is 24.3 Å². The van der Waals surface area contributed by atoms with Gasteiger partial charge in [0.15, 0.2) is 0 Å². The molecule has 1 radical (unpaired) electrons. The summed E-state index contributed by atoms with van der Waals surface area (Å²) in [6, 6.07) is 0. The molecule has 1 unspecified atom stereocenters. The van der Waals surface area contributed by atoms with Gasteiger partial charge in [0.2, 0.25) is 0 Å². The van der Waals surface area contributed by atoms with Crippen LogP contribution in [-0.2, 0) is 0 Å². The number of hydrogen-bond donors (Lipinski definition) is 0. The zero-order valence-corrected chi connectivity index (χ0v) is 11.3. The third-order valence-electron chi connectivity index (χ3n) is 3.03. The molecule has 0 heterocycles. The van der Waals surface area contributed by atoms with Gasteiger partial charge in [-0.2, -0.15) is 0 Å². The van der Waals surface area contributed by atoms with E-state index in [1.807, 2.05) is 0 Å². The summed E-state index contributed by atoms with van der Waals surface area (Å²) in [5.74, 6) is 1.78. The highest BCUT2D eigenvalue weighted by molar-refractivity contribution is 6.69. The molecule has 13 heavy (non-hydrogen) atoms. The zero-order chi connectivity index (χ0) is 9.68. The Bertz CT molecular complexity index is 133. The zero-order valence-electron chi connectivity index (χ0n) is 8.36. The van der Waals surface area contributed by atoms with E-state index < -0.39 is 0 Å². The second-order valence-electron chi connectivity index (χ2n) is 3.95.